The third-order valence-electron chi connectivity index (χ3n) is 1.56. The van der Waals surface area contributed by atoms with Gasteiger partial charge in [0.25, 0.3) is 0 Å². The number of rotatable bonds is 4. The third kappa shape index (κ3) is 3.77. The van der Waals surface area contributed by atoms with Crippen molar-refractivity contribution >= 4 is 21.4 Å². The highest BCUT2D eigenvalue weighted by atomic mass is 35.5. The molecule has 0 aromatic rings. The molecule has 0 aromatic carbocycles. The summed E-state index contributed by atoms with van der Waals surface area (Å²) in [5, 5.41) is 0.214. The highest BCUT2D eigenvalue weighted by molar-refractivity contribution is 7.91. The van der Waals surface area contributed by atoms with Crippen LogP contribution in [-0.2, 0) is 9.84 Å². The highest BCUT2D eigenvalue weighted by Crippen LogP contribution is 2.30. The summed E-state index contributed by atoms with van der Waals surface area (Å²) in [6, 6.07) is 0. The topological polar surface area (TPSA) is 34.1 Å². The van der Waals surface area contributed by atoms with E-state index in [1.165, 1.54) is 0 Å². The van der Waals surface area contributed by atoms with Gasteiger partial charge in [-0.25, -0.2) is 8.42 Å². The van der Waals surface area contributed by atoms with Crippen LogP contribution in [0.4, 0.5) is 0 Å². The molecule has 64 valence electrons. The molecule has 0 bridgehead atoms. The van der Waals surface area contributed by atoms with Crippen LogP contribution in [0.2, 0.25) is 0 Å². The van der Waals surface area contributed by atoms with Gasteiger partial charge in [0.15, 0.2) is 9.84 Å². The zero-order valence-electron chi connectivity index (χ0n) is 6.22. The van der Waals surface area contributed by atoms with E-state index >= 15 is 0 Å². The van der Waals surface area contributed by atoms with Gasteiger partial charge in [-0.2, -0.15) is 0 Å². The van der Waals surface area contributed by atoms with Crippen LogP contribution in [0, 0.1) is 5.92 Å². The summed E-state index contributed by atoms with van der Waals surface area (Å²) in [6.45, 7) is 3.35. The maximum atomic E-state index is 11.1. The van der Waals surface area contributed by atoms with Crippen molar-refractivity contribution in [2.24, 2.45) is 5.92 Å². The summed E-state index contributed by atoms with van der Waals surface area (Å²) in [6.07, 6.45) is 2.10. The first-order chi connectivity index (χ1) is 4.99. The second-order valence-corrected chi connectivity index (χ2v) is 5.66. The molecule has 0 N–H and O–H groups in total. The first kappa shape index (κ1) is 9.07. The molecule has 1 rings (SSSR count). The van der Waals surface area contributed by atoms with E-state index in [1.807, 2.05) is 0 Å². The Bertz CT molecular complexity index is 252. The molecule has 11 heavy (non-hydrogen) atoms. The predicted molar refractivity (Wildman–Crippen MR) is 46.4 cm³/mol. The van der Waals surface area contributed by atoms with Crippen LogP contribution in [0.25, 0.3) is 0 Å². The molecule has 2 nitrogen and oxygen atoms in total. The van der Waals surface area contributed by atoms with Crippen molar-refractivity contribution in [3.8, 4) is 0 Å². The molecule has 1 aliphatic rings. The second kappa shape index (κ2) is 3.15. The quantitative estimate of drug-likeness (QED) is 0.681. The zero-order valence-corrected chi connectivity index (χ0v) is 7.79. The molecule has 4 heteroatoms. The van der Waals surface area contributed by atoms with Gasteiger partial charge in [0.2, 0.25) is 0 Å². The van der Waals surface area contributed by atoms with E-state index in [0.29, 0.717) is 11.7 Å². The summed E-state index contributed by atoms with van der Waals surface area (Å²) >= 11 is 5.39. The third-order valence-corrected chi connectivity index (χ3v) is 3.62. The Hall–Kier alpha value is -0.0200. The van der Waals surface area contributed by atoms with Gasteiger partial charge in [0.1, 0.15) is 0 Å². The second-order valence-electron chi connectivity index (χ2n) is 3.02. The minimum absolute atomic E-state index is 0.0644. The average molecular weight is 195 g/mol. The predicted octanol–water partition coefficient (Wildman–Crippen LogP) is 1.56. The van der Waals surface area contributed by atoms with Gasteiger partial charge in [-0.1, -0.05) is 18.2 Å². The molecule has 1 aliphatic carbocycles. The van der Waals surface area contributed by atoms with E-state index in [9.17, 15) is 8.42 Å². The Morgan fingerprint density at radius 3 is 2.45 bits per heavy atom. The fourth-order valence-corrected chi connectivity index (χ4v) is 3.09. The van der Waals surface area contributed by atoms with Crippen molar-refractivity contribution in [3.63, 3.8) is 0 Å². The number of hydrogen-bond donors (Lipinski definition) is 0. The molecule has 0 radical (unpaired) electrons. The first-order valence-electron chi connectivity index (χ1n) is 3.53. The Kier molecular flexibility index (Phi) is 2.60. The van der Waals surface area contributed by atoms with E-state index in [-0.39, 0.29) is 10.8 Å². The molecule has 0 atom stereocenters. The molecule has 0 aromatic heterocycles. The summed E-state index contributed by atoms with van der Waals surface area (Å²) in [5.41, 5.74) is 0. The smallest absolute Gasteiger partial charge is 0.155 e. The Labute approximate surface area is 72.2 Å². The van der Waals surface area contributed by atoms with E-state index in [1.54, 1.807) is 0 Å². The lowest BCUT2D eigenvalue weighted by Gasteiger charge is -1.99. The lowest BCUT2D eigenvalue weighted by atomic mass is 10.5. The normalized spacial score (nSPS) is 18.3. The van der Waals surface area contributed by atoms with Crippen molar-refractivity contribution in [2.45, 2.75) is 12.8 Å². The van der Waals surface area contributed by atoms with Gasteiger partial charge >= 0.3 is 0 Å². The van der Waals surface area contributed by atoms with Gasteiger partial charge in [0.05, 0.1) is 11.5 Å². The van der Waals surface area contributed by atoms with Gasteiger partial charge < -0.3 is 0 Å². The Morgan fingerprint density at radius 1 is 1.55 bits per heavy atom. The molecule has 1 saturated carbocycles. The highest BCUT2D eigenvalue weighted by Gasteiger charge is 2.27. The van der Waals surface area contributed by atoms with Crippen molar-refractivity contribution in [2.75, 3.05) is 11.5 Å². The summed E-state index contributed by atoms with van der Waals surface area (Å²) in [4.78, 5) is 0. The Morgan fingerprint density at radius 2 is 2.09 bits per heavy atom. The fourth-order valence-electron chi connectivity index (χ4n) is 0.941. The lowest BCUT2D eigenvalue weighted by Crippen LogP contribution is -2.12. The molecule has 0 heterocycles. The van der Waals surface area contributed by atoms with Crippen LogP contribution in [0.1, 0.15) is 12.8 Å². The summed E-state index contributed by atoms with van der Waals surface area (Å²) < 4.78 is 22.3. The fraction of sp³-hybridized carbons (Fsp3) is 0.714. The van der Waals surface area contributed by atoms with Crippen LogP contribution >= 0.6 is 11.6 Å². The summed E-state index contributed by atoms with van der Waals surface area (Å²) in [7, 11) is -2.95. The van der Waals surface area contributed by atoms with Crippen molar-refractivity contribution in [1.82, 2.24) is 0 Å². The zero-order chi connectivity index (χ0) is 8.48. The van der Waals surface area contributed by atoms with Crippen LogP contribution in [0.3, 0.4) is 0 Å². The molecule has 0 saturated heterocycles. The average Bonchev–Trinajstić information content (AvgIpc) is 2.43. The largest absolute Gasteiger partial charge is 0.228 e. The first-order valence-corrected chi connectivity index (χ1v) is 5.73. The van der Waals surface area contributed by atoms with E-state index < -0.39 is 9.84 Å². The van der Waals surface area contributed by atoms with E-state index in [0.717, 1.165) is 12.8 Å². The lowest BCUT2D eigenvalue weighted by molar-refractivity contribution is 0.595. The van der Waals surface area contributed by atoms with Crippen LogP contribution in [-0.4, -0.2) is 19.9 Å². The SMILES string of the molecule is C=C(Cl)CS(=O)(=O)CC1CC1. The minimum atomic E-state index is -2.95. The van der Waals surface area contributed by atoms with Gasteiger partial charge in [-0.15, -0.1) is 0 Å². The molecule has 0 aliphatic heterocycles. The minimum Gasteiger partial charge on any atom is -0.228 e. The molecule has 0 spiro atoms. The van der Waals surface area contributed by atoms with Crippen molar-refractivity contribution < 1.29 is 8.42 Å². The standard InChI is InChI=1S/C7H11ClO2S/c1-6(8)4-11(9,10)5-7-2-3-7/h7H,1-5H2. The molecular formula is C7H11ClO2S. The van der Waals surface area contributed by atoms with Crippen molar-refractivity contribution in [3.05, 3.63) is 11.6 Å². The molecule has 0 unspecified atom stereocenters. The van der Waals surface area contributed by atoms with Gasteiger partial charge in [-0.3, -0.25) is 0 Å². The van der Waals surface area contributed by atoms with Crippen LogP contribution in [0.15, 0.2) is 11.6 Å². The molecular weight excluding hydrogens is 184 g/mol. The van der Waals surface area contributed by atoms with Crippen LogP contribution in [0.5, 0.6) is 0 Å². The number of halogens is 1. The molecule has 1 fully saturated rings. The van der Waals surface area contributed by atoms with Gasteiger partial charge in [-0.05, 0) is 18.8 Å². The molecule has 0 amide bonds. The van der Waals surface area contributed by atoms with E-state index in [4.69, 9.17) is 11.6 Å². The maximum absolute atomic E-state index is 11.1. The van der Waals surface area contributed by atoms with Gasteiger partial charge in [0, 0.05) is 5.03 Å². The Balaban J connectivity index is 2.44. The van der Waals surface area contributed by atoms with E-state index in [2.05, 4.69) is 6.58 Å². The number of sulfone groups is 1. The monoisotopic (exact) mass is 194 g/mol. The van der Waals surface area contributed by atoms with Crippen molar-refractivity contribution in [1.29, 1.82) is 0 Å². The maximum Gasteiger partial charge on any atom is 0.155 e. The number of hydrogen-bond acceptors (Lipinski definition) is 2. The van der Waals surface area contributed by atoms with Crippen LogP contribution < -0.4 is 0 Å². The summed E-state index contributed by atoms with van der Waals surface area (Å²) in [5.74, 6) is 0.625.